The Kier molecular flexibility index (Phi) is 6.13. The van der Waals surface area contributed by atoms with Crippen LogP contribution in [0.2, 0.25) is 0 Å². The van der Waals surface area contributed by atoms with Crippen molar-refractivity contribution in [3.63, 3.8) is 0 Å². The van der Waals surface area contributed by atoms with Crippen molar-refractivity contribution in [2.45, 2.75) is 59.4 Å². The number of hydrogen-bond acceptors (Lipinski definition) is 2. The van der Waals surface area contributed by atoms with Gasteiger partial charge < -0.3 is 10.6 Å². The molecule has 0 bridgehead atoms. The Morgan fingerprint density at radius 2 is 1.89 bits per heavy atom. The average molecular weight is 254 g/mol. The highest BCUT2D eigenvalue weighted by molar-refractivity contribution is 5.81. The molecule has 1 aliphatic rings. The molecular formula is C15H30N2O. The molecule has 2 unspecified atom stereocenters. The summed E-state index contributed by atoms with van der Waals surface area (Å²) in [6.45, 7) is 10.6. The van der Waals surface area contributed by atoms with Gasteiger partial charge in [0.15, 0.2) is 0 Å². The van der Waals surface area contributed by atoms with Crippen LogP contribution in [0.1, 0.15) is 53.4 Å². The van der Waals surface area contributed by atoms with Crippen molar-refractivity contribution in [1.82, 2.24) is 4.90 Å². The predicted molar refractivity (Wildman–Crippen MR) is 76.2 cm³/mol. The van der Waals surface area contributed by atoms with Gasteiger partial charge in [-0.15, -0.1) is 0 Å². The Morgan fingerprint density at radius 3 is 2.44 bits per heavy atom. The van der Waals surface area contributed by atoms with Crippen LogP contribution < -0.4 is 5.73 Å². The quantitative estimate of drug-likeness (QED) is 0.838. The number of likely N-dealkylation sites (tertiary alicyclic amines) is 1. The van der Waals surface area contributed by atoms with Gasteiger partial charge in [-0.05, 0) is 43.4 Å². The van der Waals surface area contributed by atoms with Crippen LogP contribution in [-0.4, -0.2) is 29.9 Å². The molecule has 0 radical (unpaired) electrons. The van der Waals surface area contributed by atoms with E-state index in [-0.39, 0.29) is 11.9 Å². The lowest BCUT2D eigenvalue weighted by Gasteiger charge is -2.25. The van der Waals surface area contributed by atoms with Gasteiger partial charge in [0.05, 0.1) is 6.04 Å². The summed E-state index contributed by atoms with van der Waals surface area (Å²) in [5.74, 6) is 2.14. The van der Waals surface area contributed by atoms with Crippen molar-refractivity contribution in [2.24, 2.45) is 23.5 Å². The minimum absolute atomic E-state index is 0.160. The van der Waals surface area contributed by atoms with Gasteiger partial charge in [-0.1, -0.05) is 27.7 Å². The largest absolute Gasteiger partial charge is 0.341 e. The third kappa shape index (κ3) is 4.60. The number of nitrogens with two attached hydrogens (primary N) is 1. The van der Waals surface area contributed by atoms with Crippen LogP contribution in [0, 0.1) is 17.8 Å². The van der Waals surface area contributed by atoms with E-state index in [1.807, 2.05) is 4.90 Å². The zero-order valence-corrected chi connectivity index (χ0v) is 12.5. The topological polar surface area (TPSA) is 46.3 Å². The van der Waals surface area contributed by atoms with E-state index in [1.165, 1.54) is 6.42 Å². The maximum Gasteiger partial charge on any atom is 0.239 e. The first-order valence-electron chi connectivity index (χ1n) is 7.46. The normalized spacial score (nSPS) is 23.3. The van der Waals surface area contributed by atoms with Crippen LogP contribution in [0.15, 0.2) is 0 Å². The fourth-order valence-corrected chi connectivity index (χ4v) is 2.85. The second kappa shape index (κ2) is 7.13. The van der Waals surface area contributed by atoms with E-state index in [0.717, 1.165) is 44.2 Å². The second-order valence-corrected chi connectivity index (χ2v) is 6.50. The zero-order valence-electron chi connectivity index (χ0n) is 12.5. The van der Waals surface area contributed by atoms with Gasteiger partial charge in [-0.3, -0.25) is 4.79 Å². The first kappa shape index (κ1) is 15.5. The highest BCUT2D eigenvalue weighted by Gasteiger charge is 2.25. The van der Waals surface area contributed by atoms with E-state index < -0.39 is 0 Å². The van der Waals surface area contributed by atoms with Crippen molar-refractivity contribution < 1.29 is 4.79 Å². The molecule has 0 saturated carbocycles. The number of amides is 1. The second-order valence-electron chi connectivity index (χ2n) is 6.50. The van der Waals surface area contributed by atoms with Crippen LogP contribution in [0.5, 0.6) is 0 Å². The van der Waals surface area contributed by atoms with E-state index in [2.05, 4.69) is 27.7 Å². The lowest BCUT2D eigenvalue weighted by molar-refractivity contribution is -0.132. The van der Waals surface area contributed by atoms with Gasteiger partial charge in [0, 0.05) is 13.1 Å². The molecule has 0 aliphatic carbocycles. The van der Waals surface area contributed by atoms with Crippen molar-refractivity contribution in [1.29, 1.82) is 0 Å². The fourth-order valence-electron chi connectivity index (χ4n) is 2.85. The predicted octanol–water partition coefficient (Wildman–Crippen LogP) is 2.64. The number of rotatable bonds is 4. The summed E-state index contributed by atoms with van der Waals surface area (Å²) in [5, 5.41) is 0. The van der Waals surface area contributed by atoms with Crippen LogP contribution in [-0.2, 0) is 4.79 Å². The third-order valence-electron chi connectivity index (χ3n) is 4.07. The van der Waals surface area contributed by atoms with Gasteiger partial charge in [-0.25, -0.2) is 0 Å². The molecule has 0 aromatic rings. The lowest BCUT2D eigenvalue weighted by Crippen LogP contribution is -2.44. The molecular weight excluding hydrogens is 224 g/mol. The molecule has 0 aromatic carbocycles. The van der Waals surface area contributed by atoms with E-state index in [4.69, 9.17) is 5.73 Å². The molecule has 1 saturated heterocycles. The molecule has 0 spiro atoms. The summed E-state index contributed by atoms with van der Waals surface area (Å²) < 4.78 is 0. The summed E-state index contributed by atoms with van der Waals surface area (Å²) in [5.41, 5.74) is 6.00. The SMILES string of the molecule is CC(C)CC(N)C(=O)N1CCCC(C(C)C)CC1. The molecule has 1 amide bonds. The molecule has 3 nitrogen and oxygen atoms in total. The van der Waals surface area contributed by atoms with Gasteiger partial charge in [0.25, 0.3) is 0 Å². The van der Waals surface area contributed by atoms with Crippen molar-refractivity contribution in [2.75, 3.05) is 13.1 Å². The fraction of sp³-hybridized carbons (Fsp3) is 0.933. The minimum Gasteiger partial charge on any atom is -0.341 e. The number of hydrogen-bond donors (Lipinski definition) is 1. The third-order valence-corrected chi connectivity index (χ3v) is 4.07. The van der Waals surface area contributed by atoms with Crippen molar-refractivity contribution in [3.05, 3.63) is 0 Å². The first-order valence-corrected chi connectivity index (χ1v) is 7.46. The van der Waals surface area contributed by atoms with E-state index in [1.54, 1.807) is 0 Å². The van der Waals surface area contributed by atoms with Crippen LogP contribution >= 0.6 is 0 Å². The first-order chi connectivity index (χ1) is 8.41. The van der Waals surface area contributed by atoms with E-state index >= 15 is 0 Å². The molecule has 3 heteroatoms. The monoisotopic (exact) mass is 254 g/mol. The summed E-state index contributed by atoms with van der Waals surface area (Å²) in [6, 6.07) is -0.305. The van der Waals surface area contributed by atoms with E-state index in [9.17, 15) is 4.79 Å². The molecule has 2 atom stereocenters. The van der Waals surface area contributed by atoms with Crippen LogP contribution in [0.4, 0.5) is 0 Å². The van der Waals surface area contributed by atoms with Gasteiger partial charge in [-0.2, -0.15) is 0 Å². The molecule has 0 aromatic heterocycles. The van der Waals surface area contributed by atoms with Gasteiger partial charge in [0.1, 0.15) is 0 Å². The number of carbonyl (C=O) groups excluding carboxylic acids is 1. The Morgan fingerprint density at radius 1 is 1.22 bits per heavy atom. The lowest BCUT2D eigenvalue weighted by atomic mass is 9.89. The highest BCUT2D eigenvalue weighted by Crippen LogP contribution is 2.24. The summed E-state index contributed by atoms with van der Waals surface area (Å²) in [4.78, 5) is 14.3. The molecule has 106 valence electrons. The van der Waals surface area contributed by atoms with Crippen LogP contribution in [0.25, 0.3) is 0 Å². The summed E-state index contributed by atoms with van der Waals surface area (Å²) >= 11 is 0. The average Bonchev–Trinajstić information content (AvgIpc) is 2.52. The van der Waals surface area contributed by atoms with Crippen molar-refractivity contribution in [3.8, 4) is 0 Å². The summed E-state index contributed by atoms with van der Waals surface area (Å²) in [6.07, 6.45) is 4.31. The Balaban J connectivity index is 2.49. The number of nitrogens with zero attached hydrogens (tertiary/aromatic N) is 1. The van der Waals surface area contributed by atoms with Crippen molar-refractivity contribution >= 4 is 5.91 Å². The molecule has 2 N–H and O–H groups in total. The Hall–Kier alpha value is -0.570. The molecule has 18 heavy (non-hydrogen) atoms. The molecule has 1 aliphatic heterocycles. The van der Waals surface area contributed by atoms with Crippen LogP contribution in [0.3, 0.4) is 0 Å². The molecule has 1 fully saturated rings. The molecule has 1 rings (SSSR count). The number of carbonyl (C=O) groups is 1. The zero-order chi connectivity index (χ0) is 13.7. The molecule has 1 heterocycles. The van der Waals surface area contributed by atoms with Gasteiger partial charge in [0.2, 0.25) is 5.91 Å². The Bertz CT molecular complexity index is 263. The standard InChI is InChI=1S/C15H30N2O/c1-11(2)10-14(16)15(18)17-8-5-6-13(7-9-17)12(3)4/h11-14H,5-10,16H2,1-4H3. The summed E-state index contributed by atoms with van der Waals surface area (Å²) in [7, 11) is 0. The maximum absolute atomic E-state index is 12.3. The van der Waals surface area contributed by atoms with E-state index in [0.29, 0.717) is 5.92 Å². The maximum atomic E-state index is 12.3. The van der Waals surface area contributed by atoms with Gasteiger partial charge >= 0.3 is 0 Å². The smallest absolute Gasteiger partial charge is 0.239 e. The Labute approximate surface area is 112 Å². The highest BCUT2D eigenvalue weighted by atomic mass is 16.2. The minimum atomic E-state index is -0.305.